The Hall–Kier alpha value is -1.75. The minimum absolute atomic E-state index is 0.114. The molecule has 0 unspecified atom stereocenters. The van der Waals surface area contributed by atoms with Crippen LogP contribution in [0, 0.1) is 0 Å². The Labute approximate surface area is 126 Å². The first kappa shape index (κ1) is 17.3. The summed E-state index contributed by atoms with van der Waals surface area (Å²) in [5.41, 5.74) is 0.872. The largest absolute Gasteiger partial charge is 0.497 e. The Kier molecular flexibility index (Phi) is 7.02. The van der Waals surface area contributed by atoms with Crippen LogP contribution in [0.5, 0.6) is 11.5 Å². The van der Waals surface area contributed by atoms with Crippen LogP contribution < -0.4 is 14.8 Å². The summed E-state index contributed by atoms with van der Waals surface area (Å²) in [6.07, 6.45) is 0.218. The van der Waals surface area contributed by atoms with Gasteiger partial charge in [0, 0.05) is 12.2 Å². The summed E-state index contributed by atoms with van der Waals surface area (Å²) in [7, 11) is 3.21. The highest BCUT2D eigenvalue weighted by atomic mass is 16.5. The lowest BCUT2D eigenvalue weighted by atomic mass is 10.1. The summed E-state index contributed by atoms with van der Waals surface area (Å²) in [4.78, 5) is 12.2. The molecule has 0 radical (unpaired) electrons. The number of amides is 1. The Morgan fingerprint density at radius 3 is 2.48 bits per heavy atom. The molecule has 0 spiro atoms. The monoisotopic (exact) mass is 295 g/mol. The number of methoxy groups -OCH3 is 2. The molecule has 0 aliphatic rings. The van der Waals surface area contributed by atoms with Crippen LogP contribution in [0.1, 0.15) is 38.8 Å². The standard InChI is InChI=1S/C16H25NO4/c1-6-14(21-7-2)16(18)17-11(3)13-10-12(19-4)8-9-15(13)20-5/h8-11,14H,6-7H2,1-5H3,(H,17,18)/t11-,14+/m0/s1. The number of rotatable bonds is 8. The van der Waals surface area contributed by atoms with Crippen LogP contribution in [0.4, 0.5) is 0 Å². The van der Waals surface area contributed by atoms with Crippen molar-refractivity contribution in [2.24, 2.45) is 0 Å². The first-order valence-corrected chi connectivity index (χ1v) is 7.21. The summed E-state index contributed by atoms with van der Waals surface area (Å²) in [5, 5.41) is 2.96. The Morgan fingerprint density at radius 2 is 1.95 bits per heavy atom. The first-order valence-electron chi connectivity index (χ1n) is 7.21. The van der Waals surface area contributed by atoms with E-state index in [0.29, 0.717) is 18.8 Å². The van der Waals surface area contributed by atoms with Crippen LogP contribution in [0.3, 0.4) is 0 Å². The second-order valence-corrected chi connectivity index (χ2v) is 4.69. The van der Waals surface area contributed by atoms with Crippen molar-refractivity contribution < 1.29 is 19.0 Å². The van der Waals surface area contributed by atoms with E-state index in [1.165, 1.54) is 0 Å². The molecule has 0 heterocycles. The third-order valence-electron chi connectivity index (χ3n) is 3.29. The number of carbonyl (C=O) groups is 1. The van der Waals surface area contributed by atoms with Gasteiger partial charge in [0.15, 0.2) is 0 Å². The van der Waals surface area contributed by atoms with Gasteiger partial charge in [-0.3, -0.25) is 4.79 Å². The topological polar surface area (TPSA) is 56.8 Å². The van der Waals surface area contributed by atoms with Gasteiger partial charge < -0.3 is 19.5 Å². The van der Waals surface area contributed by atoms with E-state index < -0.39 is 6.10 Å². The van der Waals surface area contributed by atoms with Gasteiger partial charge in [-0.15, -0.1) is 0 Å². The quantitative estimate of drug-likeness (QED) is 0.801. The minimum Gasteiger partial charge on any atom is -0.497 e. The second kappa shape index (κ2) is 8.52. The van der Waals surface area contributed by atoms with E-state index in [0.717, 1.165) is 11.3 Å². The molecule has 2 atom stereocenters. The van der Waals surface area contributed by atoms with E-state index in [2.05, 4.69) is 5.32 Å². The van der Waals surface area contributed by atoms with Gasteiger partial charge >= 0.3 is 0 Å². The van der Waals surface area contributed by atoms with Gasteiger partial charge in [0.2, 0.25) is 5.91 Å². The van der Waals surface area contributed by atoms with Crippen LogP contribution in [-0.2, 0) is 9.53 Å². The van der Waals surface area contributed by atoms with Gasteiger partial charge in [-0.2, -0.15) is 0 Å². The summed E-state index contributed by atoms with van der Waals surface area (Å²) < 4.78 is 16.0. The minimum atomic E-state index is -0.422. The fourth-order valence-corrected chi connectivity index (χ4v) is 2.14. The van der Waals surface area contributed by atoms with Crippen LogP contribution in [-0.4, -0.2) is 32.8 Å². The van der Waals surface area contributed by atoms with Crippen molar-refractivity contribution in [3.05, 3.63) is 23.8 Å². The molecular formula is C16H25NO4. The average Bonchev–Trinajstić information content (AvgIpc) is 2.51. The number of carbonyl (C=O) groups excluding carboxylic acids is 1. The van der Waals surface area contributed by atoms with Gasteiger partial charge in [-0.25, -0.2) is 0 Å². The van der Waals surface area contributed by atoms with E-state index in [-0.39, 0.29) is 11.9 Å². The molecule has 118 valence electrons. The molecule has 5 heteroatoms. The van der Waals surface area contributed by atoms with Gasteiger partial charge in [-0.05, 0) is 38.5 Å². The molecule has 0 aromatic heterocycles. The maximum Gasteiger partial charge on any atom is 0.249 e. The van der Waals surface area contributed by atoms with Gasteiger partial charge in [0.05, 0.1) is 20.3 Å². The zero-order valence-electron chi connectivity index (χ0n) is 13.4. The van der Waals surface area contributed by atoms with Crippen molar-refractivity contribution in [3.63, 3.8) is 0 Å². The van der Waals surface area contributed by atoms with Gasteiger partial charge in [0.1, 0.15) is 17.6 Å². The predicted molar refractivity (Wildman–Crippen MR) is 81.8 cm³/mol. The fraction of sp³-hybridized carbons (Fsp3) is 0.562. The summed E-state index contributed by atoms with van der Waals surface area (Å²) >= 11 is 0. The number of hydrogen-bond donors (Lipinski definition) is 1. The number of benzene rings is 1. The summed E-state index contributed by atoms with van der Waals surface area (Å²) in [6, 6.07) is 5.32. The van der Waals surface area contributed by atoms with Crippen molar-refractivity contribution >= 4 is 5.91 Å². The molecule has 1 amide bonds. The Morgan fingerprint density at radius 1 is 1.24 bits per heavy atom. The maximum atomic E-state index is 12.2. The van der Waals surface area contributed by atoms with E-state index in [4.69, 9.17) is 14.2 Å². The normalized spacial score (nSPS) is 13.4. The SMILES string of the molecule is CCO[C@H](CC)C(=O)N[C@@H](C)c1cc(OC)ccc1OC. The highest BCUT2D eigenvalue weighted by Crippen LogP contribution is 2.29. The highest BCUT2D eigenvalue weighted by Gasteiger charge is 2.21. The molecule has 0 saturated carbocycles. The molecule has 0 fully saturated rings. The van der Waals surface area contributed by atoms with E-state index >= 15 is 0 Å². The van der Waals surface area contributed by atoms with Crippen molar-refractivity contribution in [2.45, 2.75) is 39.3 Å². The summed E-state index contributed by atoms with van der Waals surface area (Å²) in [5.74, 6) is 1.33. The Bertz CT molecular complexity index is 462. The molecular weight excluding hydrogens is 270 g/mol. The van der Waals surface area contributed by atoms with E-state index in [9.17, 15) is 4.79 Å². The lowest BCUT2D eigenvalue weighted by molar-refractivity contribution is -0.133. The van der Waals surface area contributed by atoms with Crippen LogP contribution in [0.15, 0.2) is 18.2 Å². The van der Waals surface area contributed by atoms with Crippen LogP contribution in [0.2, 0.25) is 0 Å². The molecule has 0 aliphatic heterocycles. The van der Waals surface area contributed by atoms with E-state index in [1.807, 2.05) is 39.0 Å². The van der Waals surface area contributed by atoms with Crippen molar-refractivity contribution in [2.75, 3.05) is 20.8 Å². The molecule has 0 bridgehead atoms. The van der Waals surface area contributed by atoms with Gasteiger partial charge in [0.25, 0.3) is 0 Å². The third kappa shape index (κ3) is 4.63. The maximum absolute atomic E-state index is 12.2. The van der Waals surface area contributed by atoms with Crippen LogP contribution in [0.25, 0.3) is 0 Å². The lowest BCUT2D eigenvalue weighted by Gasteiger charge is -2.21. The van der Waals surface area contributed by atoms with Crippen LogP contribution >= 0.6 is 0 Å². The third-order valence-corrected chi connectivity index (χ3v) is 3.29. The molecule has 1 aromatic rings. The van der Waals surface area contributed by atoms with E-state index in [1.54, 1.807) is 14.2 Å². The molecule has 5 nitrogen and oxygen atoms in total. The summed E-state index contributed by atoms with van der Waals surface area (Å²) in [6.45, 7) is 6.23. The molecule has 1 rings (SSSR count). The molecule has 1 N–H and O–H groups in total. The van der Waals surface area contributed by atoms with Crippen molar-refractivity contribution in [3.8, 4) is 11.5 Å². The van der Waals surface area contributed by atoms with Crippen molar-refractivity contribution in [1.29, 1.82) is 0 Å². The van der Waals surface area contributed by atoms with Crippen molar-refractivity contribution in [1.82, 2.24) is 5.32 Å². The zero-order valence-corrected chi connectivity index (χ0v) is 13.4. The predicted octanol–water partition coefficient (Wildman–Crippen LogP) is 2.70. The lowest BCUT2D eigenvalue weighted by Crippen LogP contribution is -2.37. The number of nitrogens with one attached hydrogen (secondary N) is 1. The second-order valence-electron chi connectivity index (χ2n) is 4.69. The molecule has 0 saturated heterocycles. The first-order chi connectivity index (χ1) is 10.1. The highest BCUT2D eigenvalue weighted by molar-refractivity contribution is 5.81. The average molecular weight is 295 g/mol. The fourth-order valence-electron chi connectivity index (χ4n) is 2.14. The molecule has 0 aliphatic carbocycles. The molecule has 21 heavy (non-hydrogen) atoms. The smallest absolute Gasteiger partial charge is 0.249 e. The molecule has 1 aromatic carbocycles. The van der Waals surface area contributed by atoms with Gasteiger partial charge in [-0.1, -0.05) is 6.92 Å². The zero-order chi connectivity index (χ0) is 15.8. The number of hydrogen-bond acceptors (Lipinski definition) is 4. The number of ether oxygens (including phenoxy) is 3. The Balaban J connectivity index is 2.87.